The summed E-state index contributed by atoms with van der Waals surface area (Å²) in [5, 5.41) is 0. The summed E-state index contributed by atoms with van der Waals surface area (Å²) in [4.78, 5) is 22.3. The van der Waals surface area contributed by atoms with Gasteiger partial charge in [-0.2, -0.15) is 0 Å². The molecule has 4 heteroatoms. The number of ketones is 1. The Labute approximate surface area is 94.2 Å². The second-order valence-corrected chi connectivity index (χ2v) is 3.32. The van der Waals surface area contributed by atoms with Crippen LogP contribution in [0.1, 0.15) is 12.0 Å². The molecule has 0 spiro atoms. The zero-order valence-electron chi connectivity index (χ0n) is 9.36. The van der Waals surface area contributed by atoms with Gasteiger partial charge >= 0.3 is 5.97 Å². The Morgan fingerprint density at radius 3 is 2.62 bits per heavy atom. The van der Waals surface area contributed by atoms with Crippen molar-refractivity contribution in [2.24, 2.45) is 0 Å². The predicted molar refractivity (Wildman–Crippen MR) is 58.3 cm³/mol. The number of benzene rings is 1. The topological polar surface area (TPSA) is 52.6 Å². The highest BCUT2D eigenvalue weighted by atomic mass is 16.5. The number of methoxy groups -OCH3 is 2. The molecule has 0 aromatic heterocycles. The molecule has 0 bridgehead atoms. The molecular formula is C12H14O4. The first-order valence-corrected chi connectivity index (χ1v) is 4.87. The van der Waals surface area contributed by atoms with Gasteiger partial charge in [0.2, 0.25) is 0 Å². The van der Waals surface area contributed by atoms with Gasteiger partial charge in [-0.25, -0.2) is 0 Å². The maximum atomic E-state index is 11.4. The van der Waals surface area contributed by atoms with Gasteiger partial charge in [-0.05, 0) is 17.7 Å². The second-order valence-electron chi connectivity index (χ2n) is 3.32. The SMILES string of the molecule is COC(=O)CC(=O)Cc1cccc(OC)c1. The molecule has 0 radical (unpaired) electrons. The zero-order chi connectivity index (χ0) is 12.0. The Balaban J connectivity index is 2.59. The third-order valence-electron chi connectivity index (χ3n) is 2.10. The van der Waals surface area contributed by atoms with Crippen LogP contribution in [0.2, 0.25) is 0 Å². The zero-order valence-corrected chi connectivity index (χ0v) is 9.36. The van der Waals surface area contributed by atoms with Gasteiger partial charge in [-0.15, -0.1) is 0 Å². The molecule has 0 N–H and O–H groups in total. The van der Waals surface area contributed by atoms with E-state index in [1.807, 2.05) is 6.07 Å². The minimum absolute atomic E-state index is 0.167. The summed E-state index contributed by atoms with van der Waals surface area (Å²) in [7, 11) is 2.83. The summed E-state index contributed by atoms with van der Waals surface area (Å²) in [6.07, 6.45) is 0.0278. The molecule has 86 valence electrons. The Bertz CT molecular complexity index is 384. The lowest BCUT2D eigenvalue weighted by atomic mass is 10.1. The smallest absolute Gasteiger partial charge is 0.313 e. The van der Waals surface area contributed by atoms with Crippen molar-refractivity contribution in [3.63, 3.8) is 0 Å². The van der Waals surface area contributed by atoms with Crippen LogP contribution in [0.4, 0.5) is 0 Å². The number of ether oxygens (including phenoxy) is 2. The third-order valence-corrected chi connectivity index (χ3v) is 2.10. The van der Waals surface area contributed by atoms with E-state index < -0.39 is 5.97 Å². The van der Waals surface area contributed by atoms with Crippen LogP contribution in [-0.2, 0) is 20.7 Å². The van der Waals surface area contributed by atoms with E-state index in [2.05, 4.69) is 4.74 Å². The molecule has 1 rings (SSSR count). The summed E-state index contributed by atoms with van der Waals surface area (Å²) in [6, 6.07) is 7.20. The molecule has 0 saturated heterocycles. The van der Waals surface area contributed by atoms with Crippen molar-refractivity contribution in [1.82, 2.24) is 0 Å². The maximum absolute atomic E-state index is 11.4. The number of Topliss-reactive ketones (excluding diaryl/α,β-unsaturated/α-hetero) is 1. The summed E-state index contributed by atoms with van der Waals surface area (Å²) in [5.41, 5.74) is 0.827. The normalized spacial score (nSPS) is 9.62. The van der Waals surface area contributed by atoms with Crippen LogP contribution in [0, 0.1) is 0 Å². The van der Waals surface area contributed by atoms with E-state index in [0.29, 0.717) is 5.75 Å². The average molecular weight is 222 g/mol. The molecule has 0 heterocycles. The first-order valence-electron chi connectivity index (χ1n) is 4.87. The second kappa shape index (κ2) is 5.90. The highest BCUT2D eigenvalue weighted by molar-refractivity contribution is 5.96. The average Bonchev–Trinajstić information content (AvgIpc) is 2.28. The minimum atomic E-state index is -0.507. The number of esters is 1. The fourth-order valence-electron chi connectivity index (χ4n) is 1.31. The molecule has 0 aliphatic carbocycles. The summed E-state index contributed by atoms with van der Waals surface area (Å²) in [5.74, 6) is 0.0244. The molecule has 0 atom stereocenters. The summed E-state index contributed by atoms with van der Waals surface area (Å²) < 4.78 is 9.45. The van der Waals surface area contributed by atoms with Crippen molar-refractivity contribution in [3.05, 3.63) is 29.8 Å². The summed E-state index contributed by atoms with van der Waals surface area (Å²) >= 11 is 0. The van der Waals surface area contributed by atoms with Gasteiger partial charge in [0.05, 0.1) is 14.2 Å². The van der Waals surface area contributed by atoms with Crippen LogP contribution in [0.3, 0.4) is 0 Å². The van der Waals surface area contributed by atoms with Crippen molar-refractivity contribution in [2.75, 3.05) is 14.2 Å². The monoisotopic (exact) mass is 222 g/mol. The van der Waals surface area contributed by atoms with Crippen LogP contribution in [0.25, 0.3) is 0 Å². The quantitative estimate of drug-likeness (QED) is 0.557. The number of hydrogen-bond acceptors (Lipinski definition) is 4. The van der Waals surface area contributed by atoms with Crippen molar-refractivity contribution < 1.29 is 19.1 Å². The van der Waals surface area contributed by atoms with Gasteiger partial charge in [-0.3, -0.25) is 9.59 Å². The van der Waals surface area contributed by atoms with E-state index in [9.17, 15) is 9.59 Å². The van der Waals surface area contributed by atoms with E-state index in [1.54, 1.807) is 25.3 Å². The van der Waals surface area contributed by atoms with E-state index >= 15 is 0 Å². The van der Waals surface area contributed by atoms with Gasteiger partial charge in [0.25, 0.3) is 0 Å². The molecule has 4 nitrogen and oxygen atoms in total. The summed E-state index contributed by atoms with van der Waals surface area (Å²) in [6.45, 7) is 0. The minimum Gasteiger partial charge on any atom is -0.497 e. The lowest BCUT2D eigenvalue weighted by Gasteiger charge is -2.03. The van der Waals surface area contributed by atoms with Crippen molar-refractivity contribution >= 4 is 11.8 Å². The maximum Gasteiger partial charge on any atom is 0.313 e. The molecule has 0 unspecified atom stereocenters. The molecule has 0 saturated carbocycles. The molecule has 1 aromatic rings. The van der Waals surface area contributed by atoms with Gasteiger partial charge in [0.15, 0.2) is 0 Å². The number of carbonyl (C=O) groups excluding carboxylic acids is 2. The molecule has 0 aliphatic heterocycles. The van der Waals surface area contributed by atoms with Gasteiger partial charge < -0.3 is 9.47 Å². The van der Waals surface area contributed by atoms with Gasteiger partial charge in [-0.1, -0.05) is 12.1 Å². The van der Waals surface area contributed by atoms with Crippen molar-refractivity contribution in [2.45, 2.75) is 12.8 Å². The Morgan fingerprint density at radius 1 is 1.25 bits per heavy atom. The molecule has 16 heavy (non-hydrogen) atoms. The van der Waals surface area contributed by atoms with E-state index in [4.69, 9.17) is 4.74 Å². The Kier molecular flexibility index (Phi) is 4.51. The standard InChI is InChI=1S/C12H14O4/c1-15-11-5-3-4-9(7-11)6-10(13)8-12(14)16-2/h3-5,7H,6,8H2,1-2H3. The highest BCUT2D eigenvalue weighted by Gasteiger charge is 2.10. The van der Waals surface area contributed by atoms with Crippen LogP contribution in [-0.4, -0.2) is 26.0 Å². The van der Waals surface area contributed by atoms with E-state index in [-0.39, 0.29) is 18.6 Å². The lowest BCUT2D eigenvalue weighted by molar-refractivity contribution is -0.143. The van der Waals surface area contributed by atoms with Crippen molar-refractivity contribution in [3.8, 4) is 5.75 Å². The Morgan fingerprint density at radius 2 is 2.00 bits per heavy atom. The van der Waals surface area contributed by atoms with Gasteiger partial charge in [0, 0.05) is 6.42 Å². The van der Waals surface area contributed by atoms with Crippen LogP contribution in [0.15, 0.2) is 24.3 Å². The molecule has 0 fully saturated rings. The highest BCUT2D eigenvalue weighted by Crippen LogP contribution is 2.13. The first-order chi connectivity index (χ1) is 7.65. The third kappa shape index (κ3) is 3.73. The number of carbonyl (C=O) groups is 2. The van der Waals surface area contributed by atoms with Gasteiger partial charge in [0.1, 0.15) is 18.0 Å². The predicted octanol–water partition coefficient (Wildman–Crippen LogP) is 1.37. The van der Waals surface area contributed by atoms with Crippen LogP contribution < -0.4 is 4.74 Å². The largest absolute Gasteiger partial charge is 0.497 e. The first kappa shape index (κ1) is 12.2. The lowest BCUT2D eigenvalue weighted by Crippen LogP contribution is -2.11. The molecule has 0 aliphatic rings. The fourth-order valence-corrected chi connectivity index (χ4v) is 1.31. The van der Waals surface area contributed by atoms with E-state index in [1.165, 1.54) is 7.11 Å². The van der Waals surface area contributed by atoms with Crippen LogP contribution in [0.5, 0.6) is 5.75 Å². The van der Waals surface area contributed by atoms with Crippen molar-refractivity contribution in [1.29, 1.82) is 0 Å². The van der Waals surface area contributed by atoms with E-state index in [0.717, 1.165) is 5.56 Å². The molecular weight excluding hydrogens is 208 g/mol. The Hall–Kier alpha value is -1.84. The molecule has 0 amide bonds. The van der Waals surface area contributed by atoms with Crippen LogP contribution >= 0.6 is 0 Å². The number of rotatable bonds is 5. The molecule has 1 aromatic carbocycles. The fraction of sp³-hybridized carbons (Fsp3) is 0.333. The number of hydrogen-bond donors (Lipinski definition) is 0.